The first-order valence-corrected chi connectivity index (χ1v) is 7.36. The van der Waals surface area contributed by atoms with Crippen molar-refractivity contribution in [3.05, 3.63) is 34.9 Å². The van der Waals surface area contributed by atoms with Gasteiger partial charge in [0.05, 0.1) is 6.54 Å². The summed E-state index contributed by atoms with van der Waals surface area (Å²) in [7, 11) is 0. The van der Waals surface area contributed by atoms with Crippen LogP contribution in [0.25, 0.3) is 0 Å². The zero-order chi connectivity index (χ0) is 13.8. The Hall–Kier alpha value is -1.11. The van der Waals surface area contributed by atoms with Crippen LogP contribution in [0.2, 0.25) is 5.15 Å². The molecule has 2 heterocycles. The van der Waals surface area contributed by atoms with Gasteiger partial charge in [-0.15, -0.1) is 10.2 Å². The van der Waals surface area contributed by atoms with Crippen molar-refractivity contribution in [2.45, 2.75) is 37.3 Å². The first-order chi connectivity index (χ1) is 9.13. The van der Waals surface area contributed by atoms with E-state index in [1.165, 1.54) is 0 Å². The lowest BCUT2D eigenvalue weighted by atomic mass is 10.3. The molecule has 2 rings (SSSR count). The number of nitrogens with zero attached hydrogens (tertiary/aromatic N) is 4. The molecular formula is C12H16ClN5S. The maximum absolute atomic E-state index is 6.04. The SMILES string of the molecule is CC(C)n1c(CN)nnc1SCc1cccnc1Cl. The highest BCUT2D eigenvalue weighted by atomic mass is 35.5. The van der Waals surface area contributed by atoms with E-state index in [1.807, 2.05) is 12.1 Å². The molecule has 0 aliphatic carbocycles. The molecule has 0 atom stereocenters. The fourth-order valence-corrected chi connectivity index (χ4v) is 3.07. The second-order valence-electron chi connectivity index (χ2n) is 4.31. The Labute approximate surface area is 121 Å². The third kappa shape index (κ3) is 3.26. The van der Waals surface area contributed by atoms with E-state index < -0.39 is 0 Å². The molecule has 0 aliphatic heterocycles. The average molecular weight is 298 g/mol. The minimum Gasteiger partial charge on any atom is -0.324 e. The normalized spacial score (nSPS) is 11.2. The molecule has 0 amide bonds. The van der Waals surface area contributed by atoms with E-state index in [0.29, 0.717) is 17.5 Å². The van der Waals surface area contributed by atoms with E-state index in [1.54, 1.807) is 18.0 Å². The lowest BCUT2D eigenvalue weighted by Crippen LogP contribution is -2.11. The maximum Gasteiger partial charge on any atom is 0.191 e. The van der Waals surface area contributed by atoms with E-state index in [9.17, 15) is 0 Å². The number of thioether (sulfide) groups is 1. The third-order valence-corrected chi connectivity index (χ3v) is 3.96. The van der Waals surface area contributed by atoms with Crippen molar-refractivity contribution in [3.63, 3.8) is 0 Å². The van der Waals surface area contributed by atoms with Gasteiger partial charge in [0.1, 0.15) is 11.0 Å². The first kappa shape index (κ1) is 14.3. The summed E-state index contributed by atoms with van der Waals surface area (Å²) in [5.41, 5.74) is 6.66. The Morgan fingerprint density at radius 2 is 2.21 bits per heavy atom. The standard InChI is InChI=1S/C12H16ClN5S/c1-8(2)18-10(6-14)16-17-12(18)19-7-9-4-3-5-15-11(9)13/h3-5,8H,6-7,14H2,1-2H3. The number of pyridine rings is 1. The van der Waals surface area contributed by atoms with Crippen LogP contribution in [0.5, 0.6) is 0 Å². The fourth-order valence-electron chi connectivity index (χ4n) is 1.73. The summed E-state index contributed by atoms with van der Waals surface area (Å²) in [5.74, 6) is 1.51. The summed E-state index contributed by atoms with van der Waals surface area (Å²) < 4.78 is 2.05. The predicted octanol–water partition coefficient (Wildman–Crippen LogP) is 2.66. The van der Waals surface area contributed by atoms with Crippen molar-refractivity contribution in [1.82, 2.24) is 19.7 Å². The highest BCUT2D eigenvalue weighted by Crippen LogP contribution is 2.26. The van der Waals surface area contributed by atoms with Crippen LogP contribution < -0.4 is 5.73 Å². The van der Waals surface area contributed by atoms with Crippen LogP contribution in [-0.4, -0.2) is 19.7 Å². The van der Waals surface area contributed by atoms with Gasteiger partial charge >= 0.3 is 0 Å². The molecule has 0 radical (unpaired) electrons. The Balaban J connectivity index is 2.16. The zero-order valence-corrected chi connectivity index (χ0v) is 12.4. The number of hydrogen-bond acceptors (Lipinski definition) is 5. The molecule has 5 nitrogen and oxygen atoms in total. The number of halogens is 1. The first-order valence-electron chi connectivity index (χ1n) is 5.99. The quantitative estimate of drug-likeness (QED) is 0.679. The summed E-state index contributed by atoms with van der Waals surface area (Å²) in [6, 6.07) is 4.11. The molecule has 19 heavy (non-hydrogen) atoms. The average Bonchev–Trinajstić information content (AvgIpc) is 2.81. The van der Waals surface area contributed by atoms with Crippen LogP contribution in [0.1, 0.15) is 31.3 Å². The van der Waals surface area contributed by atoms with Crippen LogP contribution in [0.4, 0.5) is 0 Å². The molecule has 0 bridgehead atoms. The highest BCUT2D eigenvalue weighted by Gasteiger charge is 2.14. The van der Waals surface area contributed by atoms with Gasteiger partial charge in [0, 0.05) is 18.0 Å². The van der Waals surface area contributed by atoms with Crippen LogP contribution in [0, 0.1) is 0 Å². The summed E-state index contributed by atoms with van der Waals surface area (Å²) in [5, 5.41) is 9.68. The third-order valence-electron chi connectivity index (χ3n) is 2.63. The van der Waals surface area contributed by atoms with Gasteiger partial charge in [0.25, 0.3) is 0 Å². The Morgan fingerprint density at radius 1 is 1.42 bits per heavy atom. The molecule has 2 N–H and O–H groups in total. The van der Waals surface area contributed by atoms with Crippen molar-refractivity contribution in [2.75, 3.05) is 0 Å². The van der Waals surface area contributed by atoms with Crippen molar-refractivity contribution in [3.8, 4) is 0 Å². The molecule has 0 aromatic carbocycles. The molecule has 0 unspecified atom stereocenters. The maximum atomic E-state index is 6.04. The highest BCUT2D eigenvalue weighted by molar-refractivity contribution is 7.98. The van der Waals surface area contributed by atoms with E-state index in [0.717, 1.165) is 16.5 Å². The molecule has 0 spiro atoms. The van der Waals surface area contributed by atoms with Gasteiger partial charge in [-0.25, -0.2) is 4.98 Å². The second-order valence-corrected chi connectivity index (χ2v) is 5.61. The molecule has 102 valence electrons. The largest absolute Gasteiger partial charge is 0.324 e. The van der Waals surface area contributed by atoms with E-state index >= 15 is 0 Å². The number of hydrogen-bond donors (Lipinski definition) is 1. The monoisotopic (exact) mass is 297 g/mol. The van der Waals surface area contributed by atoms with E-state index in [-0.39, 0.29) is 6.04 Å². The van der Waals surface area contributed by atoms with E-state index in [4.69, 9.17) is 17.3 Å². The van der Waals surface area contributed by atoms with Crippen LogP contribution in [0.15, 0.2) is 23.5 Å². The van der Waals surface area contributed by atoms with Crippen molar-refractivity contribution >= 4 is 23.4 Å². The van der Waals surface area contributed by atoms with Gasteiger partial charge in [-0.05, 0) is 25.5 Å². The van der Waals surface area contributed by atoms with Crippen molar-refractivity contribution < 1.29 is 0 Å². The molecule has 2 aromatic rings. The summed E-state index contributed by atoms with van der Waals surface area (Å²) in [6.45, 7) is 4.56. The smallest absolute Gasteiger partial charge is 0.191 e. The summed E-state index contributed by atoms with van der Waals surface area (Å²) in [6.07, 6.45) is 1.68. The van der Waals surface area contributed by atoms with Crippen LogP contribution in [-0.2, 0) is 12.3 Å². The molecule has 7 heteroatoms. The summed E-state index contributed by atoms with van der Waals surface area (Å²) >= 11 is 7.63. The Morgan fingerprint density at radius 3 is 2.84 bits per heavy atom. The van der Waals surface area contributed by atoms with Gasteiger partial charge in [-0.3, -0.25) is 0 Å². The van der Waals surface area contributed by atoms with Gasteiger partial charge in [0.15, 0.2) is 5.16 Å². The number of aromatic nitrogens is 4. The lowest BCUT2D eigenvalue weighted by molar-refractivity contribution is 0.526. The van der Waals surface area contributed by atoms with Gasteiger partial charge in [0.2, 0.25) is 0 Å². The Kier molecular flexibility index (Phi) is 4.79. The van der Waals surface area contributed by atoms with Gasteiger partial charge < -0.3 is 10.3 Å². The Bertz CT molecular complexity index is 555. The van der Waals surface area contributed by atoms with Crippen LogP contribution in [0.3, 0.4) is 0 Å². The molecular weight excluding hydrogens is 282 g/mol. The molecule has 0 saturated heterocycles. The van der Waals surface area contributed by atoms with Crippen LogP contribution >= 0.6 is 23.4 Å². The second kappa shape index (κ2) is 6.36. The minimum absolute atomic E-state index is 0.278. The summed E-state index contributed by atoms with van der Waals surface area (Å²) in [4.78, 5) is 4.06. The minimum atomic E-state index is 0.278. The topological polar surface area (TPSA) is 69.6 Å². The molecule has 0 aliphatic rings. The molecule has 0 saturated carbocycles. The van der Waals surface area contributed by atoms with E-state index in [2.05, 4.69) is 33.6 Å². The molecule has 0 fully saturated rings. The predicted molar refractivity (Wildman–Crippen MR) is 77.1 cm³/mol. The van der Waals surface area contributed by atoms with Crippen molar-refractivity contribution in [1.29, 1.82) is 0 Å². The van der Waals surface area contributed by atoms with Crippen molar-refractivity contribution in [2.24, 2.45) is 5.73 Å². The number of nitrogens with two attached hydrogens (primary N) is 1. The van der Waals surface area contributed by atoms with Gasteiger partial charge in [-0.2, -0.15) is 0 Å². The number of rotatable bonds is 5. The van der Waals surface area contributed by atoms with Gasteiger partial charge in [-0.1, -0.05) is 29.4 Å². The molecule has 2 aromatic heterocycles. The lowest BCUT2D eigenvalue weighted by Gasteiger charge is -2.12. The zero-order valence-electron chi connectivity index (χ0n) is 10.9. The fraction of sp³-hybridized carbons (Fsp3) is 0.417.